The van der Waals surface area contributed by atoms with E-state index in [2.05, 4.69) is 0 Å². The summed E-state index contributed by atoms with van der Waals surface area (Å²) >= 11 is 12.5. The van der Waals surface area contributed by atoms with Crippen molar-refractivity contribution in [1.29, 1.82) is 0 Å². The van der Waals surface area contributed by atoms with E-state index in [1.807, 2.05) is 19.1 Å². The van der Waals surface area contributed by atoms with Crippen LogP contribution in [0.5, 0.6) is 0 Å². The molecule has 0 radical (unpaired) electrons. The monoisotopic (exact) mass is 445 g/mol. The van der Waals surface area contributed by atoms with Crippen LogP contribution in [-0.2, 0) is 14.3 Å². The quantitative estimate of drug-likeness (QED) is 0.412. The topological polar surface area (TPSA) is 66.8 Å². The second kappa shape index (κ2) is 8.42. The van der Waals surface area contributed by atoms with Gasteiger partial charge in [0.15, 0.2) is 0 Å². The fraction of sp³-hybridized carbons (Fsp3) is 0.304. The highest BCUT2D eigenvalue weighted by Gasteiger charge is 2.47. The van der Waals surface area contributed by atoms with Crippen molar-refractivity contribution in [3.63, 3.8) is 0 Å². The number of rotatable bonds is 4. The first-order valence-electron chi connectivity index (χ1n) is 9.79. The number of Topliss-reactive ketones (excluding diaryl/α,β-unsaturated/α-hetero) is 1. The van der Waals surface area contributed by atoms with Gasteiger partial charge in [-0.2, -0.15) is 0 Å². The van der Waals surface area contributed by atoms with Gasteiger partial charge < -0.3 is 14.7 Å². The average Bonchev–Trinajstić information content (AvgIpc) is 3.31. The van der Waals surface area contributed by atoms with Gasteiger partial charge >= 0.3 is 0 Å². The Kier molecular flexibility index (Phi) is 5.87. The van der Waals surface area contributed by atoms with Crippen LogP contribution in [0.15, 0.2) is 48.0 Å². The Bertz CT molecular complexity index is 1030. The molecular formula is C23H21Cl2NO4. The molecule has 2 fully saturated rings. The Balaban J connectivity index is 1.85. The number of aliphatic hydroxyl groups is 1. The van der Waals surface area contributed by atoms with Crippen molar-refractivity contribution in [2.24, 2.45) is 0 Å². The van der Waals surface area contributed by atoms with Gasteiger partial charge in [0.05, 0.1) is 17.7 Å². The minimum Gasteiger partial charge on any atom is -0.507 e. The van der Waals surface area contributed by atoms with Crippen molar-refractivity contribution < 1.29 is 19.4 Å². The van der Waals surface area contributed by atoms with Gasteiger partial charge in [-0.1, -0.05) is 59.1 Å². The van der Waals surface area contributed by atoms with Gasteiger partial charge in [0.25, 0.3) is 11.7 Å². The third-order valence-corrected chi connectivity index (χ3v) is 6.11. The van der Waals surface area contributed by atoms with Crippen LogP contribution in [0.2, 0.25) is 10.0 Å². The molecule has 2 saturated heterocycles. The summed E-state index contributed by atoms with van der Waals surface area (Å²) in [6.07, 6.45) is 1.56. The summed E-state index contributed by atoms with van der Waals surface area (Å²) in [5, 5.41) is 11.8. The first-order chi connectivity index (χ1) is 14.4. The second-order valence-corrected chi connectivity index (χ2v) is 8.46. The van der Waals surface area contributed by atoms with Crippen LogP contribution in [0.25, 0.3) is 5.76 Å². The largest absolute Gasteiger partial charge is 0.507 e. The second-order valence-electron chi connectivity index (χ2n) is 7.62. The van der Waals surface area contributed by atoms with Crippen molar-refractivity contribution in [1.82, 2.24) is 4.90 Å². The minimum absolute atomic E-state index is 0.0195. The Morgan fingerprint density at radius 2 is 1.90 bits per heavy atom. The van der Waals surface area contributed by atoms with Gasteiger partial charge in [-0.3, -0.25) is 9.59 Å². The number of hydrogen-bond donors (Lipinski definition) is 1. The maximum absolute atomic E-state index is 13.0. The van der Waals surface area contributed by atoms with Crippen LogP contribution in [0.3, 0.4) is 0 Å². The number of amides is 1. The number of benzene rings is 2. The highest BCUT2D eigenvalue weighted by atomic mass is 35.5. The number of ketones is 1. The van der Waals surface area contributed by atoms with E-state index in [-0.39, 0.29) is 24.0 Å². The van der Waals surface area contributed by atoms with Gasteiger partial charge in [-0.15, -0.1) is 0 Å². The van der Waals surface area contributed by atoms with Crippen LogP contribution in [0.1, 0.15) is 35.6 Å². The SMILES string of the molecule is Cc1ccc(C(O)=C2C(=O)C(=O)N(C[C@@H]3CCCO3)[C@H]2c2ccc(Cl)cc2Cl)cc1. The lowest BCUT2D eigenvalue weighted by atomic mass is 9.95. The molecule has 156 valence electrons. The average molecular weight is 446 g/mol. The molecule has 0 spiro atoms. The molecule has 2 aromatic carbocycles. The van der Waals surface area contributed by atoms with Crippen LogP contribution in [0.4, 0.5) is 0 Å². The number of nitrogens with zero attached hydrogens (tertiary/aromatic N) is 1. The Hall–Kier alpha value is -2.34. The number of halogens is 2. The Morgan fingerprint density at radius 1 is 1.17 bits per heavy atom. The highest BCUT2D eigenvalue weighted by molar-refractivity contribution is 6.47. The Labute approximate surface area is 184 Å². The van der Waals surface area contributed by atoms with E-state index in [4.69, 9.17) is 27.9 Å². The van der Waals surface area contributed by atoms with Crippen LogP contribution >= 0.6 is 23.2 Å². The van der Waals surface area contributed by atoms with E-state index in [0.29, 0.717) is 27.8 Å². The zero-order valence-corrected chi connectivity index (χ0v) is 17.9. The molecule has 1 N–H and O–H groups in total. The third kappa shape index (κ3) is 3.85. The lowest BCUT2D eigenvalue weighted by molar-refractivity contribution is -0.140. The normalized spacial score (nSPS) is 23.4. The van der Waals surface area contributed by atoms with Crippen molar-refractivity contribution >= 4 is 40.7 Å². The lowest BCUT2D eigenvalue weighted by Gasteiger charge is -2.28. The summed E-state index contributed by atoms with van der Waals surface area (Å²) in [5.74, 6) is -1.63. The molecule has 5 nitrogen and oxygen atoms in total. The number of ether oxygens (including phenoxy) is 1. The summed E-state index contributed by atoms with van der Waals surface area (Å²) < 4.78 is 5.69. The summed E-state index contributed by atoms with van der Waals surface area (Å²) in [6.45, 7) is 2.81. The Morgan fingerprint density at radius 3 is 2.53 bits per heavy atom. The van der Waals surface area contributed by atoms with E-state index in [1.54, 1.807) is 30.3 Å². The molecule has 1 amide bonds. The molecular weight excluding hydrogens is 425 g/mol. The van der Waals surface area contributed by atoms with Gasteiger partial charge in [-0.05, 0) is 37.5 Å². The van der Waals surface area contributed by atoms with E-state index >= 15 is 0 Å². The lowest BCUT2D eigenvalue weighted by Crippen LogP contribution is -2.36. The van der Waals surface area contributed by atoms with Gasteiger partial charge in [0.1, 0.15) is 5.76 Å². The van der Waals surface area contributed by atoms with Gasteiger partial charge in [0, 0.05) is 28.8 Å². The molecule has 30 heavy (non-hydrogen) atoms. The van der Waals surface area contributed by atoms with Crippen LogP contribution < -0.4 is 0 Å². The maximum atomic E-state index is 13.0. The predicted octanol–water partition coefficient (Wildman–Crippen LogP) is 4.90. The number of aliphatic hydroxyl groups excluding tert-OH is 1. The number of carbonyl (C=O) groups excluding carboxylic acids is 2. The molecule has 0 aliphatic carbocycles. The molecule has 0 unspecified atom stereocenters. The fourth-order valence-electron chi connectivity index (χ4n) is 3.99. The molecule has 0 saturated carbocycles. The molecule has 0 aromatic heterocycles. The van der Waals surface area contributed by atoms with E-state index < -0.39 is 17.7 Å². The van der Waals surface area contributed by atoms with Crippen molar-refractivity contribution in [3.8, 4) is 0 Å². The number of carbonyl (C=O) groups is 2. The van der Waals surface area contributed by atoms with Crippen LogP contribution in [0, 0.1) is 6.92 Å². The molecule has 2 atom stereocenters. The van der Waals surface area contributed by atoms with Crippen molar-refractivity contribution in [2.45, 2.75) is 31.9 Å². The minimum atomic E-state index is -0.819. The molecule has 2 aromatic rings. The summed E-state index contributed by atoms with van der Waals surface area (Å²) in [6, 6.07) is 11.2. The molecule has 2 heterocycles. The number of aryl methyl sites for hydroxylation is 1. The zero-order chi connectivity index (χ0) is 21.4. The van der Waals surface area contributed by atoms with Gasteiger partial charge in [-0.25, -0.2) is 0 Å². The predicted molar refractivity (Wildman–Crippen MR) is 116 cm³/mol. The molecule has 0 bridgehead atoms. The summed E-state index contributed by atoms with van der Waals surface area (Å²) in [7, 11) is 0. The van der Waals surface area contributed by atoms with E-state index in [9.17, 15) is 14.7 Å². The van der Waals surface area contributed by atoms with Crippen LogP contribution in [-0.4, -0.2) is 41.0 Å². The third-order valence-electron chi connectivity index (χ3n) is 5.55. The highest BCUT2D eigenvalue weighted by Crippen LogP contribution is 2.42. The maximum Gasteiger partial charge on any atom is 0.295 e. The molecule has 7 heteroatoms. The summed E-state index contributed by atoms with van der Waals surface area (Å²) in [4.78, 5) is 27.4. The van der Waals surface area contributed by atoms with E-state index in [0.717, 1.165) is 18.4 Å². The smallest absolute Gasteiger partial charge is 0.295 e. The fourth-order valence-corrected chi connectivity index (χ4v) is 4.50. The number of likely N-dealkylation sites (tertiary alicyclic amines) is 1. The molecule has 2 aliphatic heterocycles. The molecule has 4 rings (SSSR count). The number of hydrogen-bond acceptors (Lipinski definition) is 4. The van der Waals surface area contributed by atoms with Crippen molar-refractivity contribution in [3.05, 3.63) is 74.8 Å². The first-order valence-corrected chi connectivity index (χ1v) is 10.5. The zero-order valence-electron chi connectivity index (χ0n) is 16.4. The van der Waals surface area contributed by atoms with Gasteiger partial charge in [0.2, 0.25) is 0 Å². The standard InChI is InChI=1S/C23H21Cl2NO4/c1-13-4-6-14(7-5-13)21(27)19-20(17-9-8-15(24)11-18(17)25)26(23(29)22(19)28)12-16-3-2-10-30-16/h4-9,11,16,20,27H,2-3,10,12H2,1H3/t16-,20-/m0/s1. The first kappa shape index (κ1) is 20.9. The van der Waals surface area contributed by atoms with E-state index in [1.165, 1.54) is 4.90 Å². The van der Waals surface area contributed by atoms with Crippen molar-refractivity contribution in [2.75, 3.05) is 13.2 Å². The molecule has 2 aliphatic rings. The summed E-state index contributed by atoms with van der Waals surface area (Å²) in [5.41, 5.74) is 2.03.